The molecule has 0 aliphatic carbocycles. The van der Waals surface area contributed by atoms with Crippen LogP contribution in [0.15, 0.2) is 58.1 Å². The zero-order chi connectivity index (χ0) is 18.8. The number of amides is 2. The fourth-order valence-electron chi connectivity index (χ4n) is 1.90. The lowest BCUT2D eigenvalue weighted by atomic mass is 10.2. The van der Waals surface area contributed by atoms with Crippen molar-refractivity contribution in [3.8, 4) is 5.75 Å². The maximum Gasteiger partial charge on any atom is 0.255 e. The van der Waals surface area contributed by atoms with Crippen LogP contribution in [0.4, 0.5) is 0 Å². The fourth-order valence-corrected chi connectivity index (χ4v) is 3.12. The summed E-state index contributed by atoms with van der Waals surface area (Å²) in [5.74, 6) is 0.917. The quantitative estimate of drug-likeness (QED) is 0.467. The average molecular weight is 436 g/mol. The van der Waals surface area contributed by atoms with Gasteiger partial charge in [-0.15, -0.1) is 11.8 Å². The maximum absolute atomic E-state index is 11.8. The van der Waals surface area contributed by atoms with Crippen molar-refractivity contribution in [2.24, 2.45) is 10.8 Å². The Balaban J connectivity index is 1.70. The molecule has 26 heavy (non-hydrogen) atoms. The molecule has 0 aliphatic heterocycles. The van der Waals surface area contributed by atoms with E-state index < -0.39 is 5.91 Å². The van der Waals surface area contributed by atoms with Gasteiger partial charge < -0.3 is 10.5 Å². The summed E-state index contributed by atoms with van der Waals surface area (Å²) in [6.07, 6.45) is 1.54. The largest absolute Gasteiger partial charge is 0.484 e. The van der Waals surface area contributed by atoms with Gasteiger partial charge in [-0.3, -0.25) is 9.59 Å². The molecule has 2 amide bonds. The number of halogens is 1. The van der Waals surface area contributed by atoms with E-state index in [2.05, 4.69) is 26.5 Å². The number of hydrazone groups is 1. The smallest absolute Gasteiger partial charge is 0.255 e. The van der Waals surface area contributed by atoms with Crippen LogP contribution in [-0.4, -0.2) is 30.4 Å². The number of nitrogens with two attached hydrogens (primary N) is 1. The molecule has 0 heterocycles. The molecule has 0 bridgehead atoms. The first kappa shape index (κ1) is 20.0. The third-order valence-corrected chi connectivity index (χ3v) is 4.55. The SMILES string of the molecule is NC(=O)COc1ccc(/C=N\NC(=O)CSCc2cccc(Br)c2)cc1. The molecular formula is C18H18BrN3O3S. The van der Waals surface area contributed by atoms with Crippen LogP contribution < -0.4 is 15.9 Å². The zero-order valence-corrected chi connectivity index (χ0v) is 16.3. The Morgan fingerprint density at radius 3 is 2.69 bits per heavy atom. The van der Waals surface area contributed by atoms with Crippen LogP contribution in [0.25, 0.3) is 0 Å². The van der Waals surface area contributed by atoms with E-state index in [1.54, 1.807) is 24.3 Å². The molecule has 0 unspecified atom stereocenters. The molecule has 8 heteroatoms. The number of thioether (sulfide) groups is 1. The minimum atomic E-state index is -0.531. The number of primary amides is 1. The van der Waals surface area contributed by atoms with Gasteiger partial charge in [-0.25, -0.2) is 5.43 Å². The highest BCUT2D eigenvalue weighted by atomic mass is 79.9. The lowest BCUT2D eigenvalue weighted by Crippen LogP contribution is -2.20. The van der Waals surface area contributed by atoms with Crippen LogP contribution in [0.3, 0.4) is 0 Å². The first-order valence-corrected chi connectivity index (χ1v) is 9.63. The summed E-state index contributed by atoms with van der Waals surface area (Å²) in [7, 11) is 0. The van der Waals surface area contributed by atoms with Gasteiger partial charge in [0.1, 0.15) is 5.75 Å². The van der Waals surface area contributed by atoms with E-state index in [-0.39, 0.29) is 12.5 Å². The molecule has 0 aliphatic rings. The van der Waals surface area contributed by atoms with E-state index in [0.717, 1.165) is 21.4 Å². The molecule has 2 rings (SSSR count). The van der Waals surface area contributed by atoms with E-state index in [1.165, 1.54) is 18.0 Å². The minimum absolute atomic E-state index is 0.164. The summed E-state index contributed by atoms with van der Waals surface area (Å²) in [6, 6.07) is 14.9. The van der Waals surface area contributed by atoms with Crippen molar-refractivity contribution in [3.63, 3.8) is 0 Å². The Morgan fingerprint density at radius 1 is 1.23 bits per heavy atom. The van der Waals surface area contributed by atoms with Gasteiger partial charge >= 0.3 is 0 Å². The number of carbonyl (C=O) groups is 2. The highest BCUT2D eigenvalue weighted by molar-refractivity contribution is 9.10. The van der Waals surface area contributed by atoms with Crippen molar-refractivity contribution in [2.75, 3.05) is 12.4 Å². The Hall–Kier alpha value is -2.32. The van der Waals surface area contributed by atoms with Crippen LogP contribution in [0.1, 0.15) is 11.1 Å². The van der Waals surface area contributed by atoms with Crippen molar-refractivity contribution in [1.29, 1.82) is 0 Å². The molecule has 0 radical (unpaired) electrons. The van der Waals surface area contributed by atoms with Crippen LogP contribution >= 0.6 is 27.7 Å². The van der Waals surface area contributed by atoms with E-state index in [0.29, 0.717) is 11.5 Å². The zero-order valence-electron chi connectivity index (χ0n) is 13.9. The van der Waals surface area contributed by atoms with Crippen molar-refractivity contribution < 1.29 is 14.3 Å². The van der Waals surface area contributed by atoms with Crippen molar-refractivity contribution in [1.82, 2.24) is 5.43 Å². The topological polar surface area (TPSA) is 93.8 Å². The molecule has 136 valence electrons. The molecule has 3 N–H and O–H groups in total. The van der Waals surface area contributed by atoms with Crippen LogP contribution in [-0.2, 0) is 15.3 Å². The number of ether oxygens (including phenoxy) is 1. The van der Waals surface area contributed by atoms with Gasteiger partial charge in [-0.2, -0.15) is 5.10 Å². The Kier molecular flexibility index (Phi) is 8.17. The number of nitrogens with zero attached hydrogens (tertiary/aromatic N) is 1. The summed E-state index contributed by atoms with van der Waals surface area (Å²) in [5, 5.41) is 3.92. The average Bonchev–Trinajstić information content (AvgIpc) is 2.61. The van der Waals surface area contributed by atoms with Gasteiger partial charge in [0.2, 0.25) is 5.91 Å². The number of hydrogen-bond acceptors (Lipinski definition) is 5. The molecule has 0 aromatic heterocycles. The number of rotatable bonds is 9. The number of nitrogens with one attached hydrogen (secondary N) is 1. The molecule has 0 fully saturated rings. The summed E-state index contributed by atoms with van der Waals surface area (Å²) >= 11 is 4.94. The predicted molar refractivity (Wildman–Crippen MR) is 107 cm³/mol. The first-order chi connectivity index (χ1) is 12.5. The molecule has 0 atom stereocenters. The second kappa shape index (κ2) is 10.6. The maximum atomic E-state index is 11.8. The lowest BCUT2D eigenvalue weighted by Gasteiger charge is -2.03. The van der Waals surface area contributed by atoms with Gasteiger partial charge in [0, 0.05) is 10.2 Å². The first-order valence-electron chi connectivity index (χ1n) is 7.68. The Bertz CT molecular complexity index is 782. The van der Waals surface area contributed by atoms with E-state index in [9.17, 15) is 9.59 Å². The third-order valence-electron chi connectivity index (χ3n) is 3.05. The minimum Gasteiger partial charge on any atom is -0.484 e. The highest BCUT2D eigenvalue weighted by Gasteiger charge is 2.01. The molecular weight excluding hydrogens is 418 g/mol. The third kappa shape index (κ3) is 7.71. The molecule has 6 nitrogen and oxygen atoms in total. The molecule has 0 saturated carbocycles. The molecule has 0 spiro atoms. The molecule has 2 aromatic rings. The number of hydrogen-bond donors (Lipinski definition) is 2. The van der Waals surface area contributed by atoms with Crippen LogP contribution in [0, 0.1) is 0 Å². The highest BCUT2D eigenvalue weighted by Crippen LogP contribution is 2.16. The van der Waals surface area contributed by atoms with Gasteiger partial charge in [-0.05, 0) is 47.5 Å². The van der Waals surface area contributed by atoms with Gasteiger partial charge in [0.05, 0.1) is 12.0 Å². The summed E-state index contributed by atoms with van der Waals surface area (Å²) in [4.78, 5) is 22.4. The standard InChI is InChI=1S/C18H18BrN3O3S/c19-15-3-1-2-14(8-15)11-26-12-18(24)22-21-9-13-4-6-16(7-5-13)25-10-17(20)23/h1-9H,10-12H2,(H2,20,23)(H,22,24)/b21-9-. The van der Waals surface area contributed by atoms with Gasteiger partial charge in [0.25, 0.3) is 5.91 Å². The van der Waals surface area contributed by atoms with Gasteiger partial charge in [0.15, 0.2) is 6.61 Å². The summed E-state index contributed by atoms with van der Waals surface area (Å²) in [6.45, 7) is -0.166. The van der Waals surface area contributed by atoms with Crippen LogP contribution in [0.2, 0.25) is 0 Å². The number of benzene rings is 2. The van der Waals surface area contributed by atoms with E-state index >= 15 is 0 Å². The summed E-state index contributed by atoms with van der Waals surface area (Å²) < 4.78 is 6.18. The van der Waals surface area contributed by atoms with E-state index in [1.807, 2.05) is 24.3 Å². The molecule has 2 aromatic carbocycles. The second-order valence-corrected chi connectivity index (χ2v) is 7.14. The van der Waals surface area contributed by atoms with Crippen molar-refractivity contribution >= 4 is 45.7 Å². The Morgan fingerprint density at radius 2 is 2.00 bits per heavy atom. The second-order valence-electron chi connectivity index (χ2n) is 5.24. The lowest BCUT2D eigenvalue weighted by molar-refractivity contribution is -0.120. The number of carbonyl (C=O) groups excluding carboxylic acids is 2. The van der Waals surface area contributed by atoms with E-state index in [4.69, 9.17) is 10.5 Å². The van der Waals surface area contributed by atoms with Crippen LogP contribution in [0.5, 0.6) is 5.75 Å². The predicted octanol–water partition coefficient (Wildman–Crippen LogP) is 2.70. The summed E-state index contributed by atoms with van der Waals surface area (Å²) in [5.41, 5.74) is 9.44. The van der Waals surface area contributed by atoms with Gasteiger partial charge in [-0.1, -0.05) is 28.1 Å². The fraction of sp³-hybridized carbons (Fsp3) is 0.167. The van der Waals surface area contributed by atoms with Crippen molar-refractivity contribution in [2.45, 2.75) is 5.75 Å². The van der Waals surface area contributed by atoms with Crippen molar-refractivity contribution in [3.05, 3.63) is 64.1 Å². The monoisotopic (exact) mass is 435 g/mol. The Labute approximate surface area is 164 Å². The molecule has 0 saturated heterocycles. The normalized spacial score (nSPS) is 10.7.